The molecule has 0 aliphatic carbocycles. The first-order chi connectivity index (χ1) is 10.5. The summed E-state index contributed by atoms with van der Waals surface area (Å²) >= 11 is 1.56. The molecule has 0 aromatic carbocycles. The third kappa shape index (κ3) is 2.52. The molecule has 3 rings (SSSR count). The van der Waals surface area contributed by atoms with Crippen molar-refractivity contribution in [2.75, 3.05) is 0 Å². The first-order valence-corrected chi connectivity index (χ1v) is 8.02. The second-order valence-corrected chi connectivity index (χ2v) is 6.41. The topological polar surface area (TPSA) is 75.4 Å². The average molecular weight is 319 g/mol. The molecular weight excluding hydrogens is 302 g/mol. The molecule has 1 fully saturated rings. The third-order valence-electron chi connectivity index (χ3n) is 3.69. The van der Waals surface area contributed by atoms with Crippen molar-refractivity contribution in [1.29, 1.82) is 0 Å². The van der Waals surface area contributed by atoms with Gasteiger partial charge in [0.25, 0.3) is 5.91 Å². The number of urea groups is 1. The highest BCUT2D eigenvalue weighted by molar-refractivity contribution is 7.08. The van der Waals surface area contributed by atoms with Crippen molar-refractivity contribution >= 4 is 23.3 Å². The zero-order valence-corrected chi connectivity index (χ0v) is 13.4. The maximum Gasteiger partial charge on any atom is 0.325 e. The molecule has 0 bridgehead atoms. The van der Waals surface area contributed by atoms with Gasteiger partial charge >= 0.3 is 6.03 Å². The minimum Gasteiger partial charge on any atom is -0.441 e. The first kappa shape index (κ1) is 14.8. The first-order valence-electron chi connectivity index (χ1n) is 7.08. The Labute approximate surface area is 132 Å². The normalized spacial score (nSPS) is 18.4. The zero-order valence-electron chi connectivity index (χ0n) is 12.6. The summed E-state index contributed by atoms with van der Waals surface area (Å²) in [6.45, 7) is 5.73. The molecule has 116 valence electrons. The molecule has 1 atom stereocenters. The van der Waals surface area contributed by atoms with E-state index in [4.69, 9.17) is 4.42 Å². The van der Waals surface area contributed by atoms with Crippen LogP contribution >= 0.6 is 11.3 Å². The van der Waals surface area contributed by atoms with Crippen LogP contribution in [0.3, 0.4) is 0 Å². The van der Waals surface area contributed by atoms with E-state index in [1.807, 2.05) is 30.7 Å². The van der Waals surface area contributed by atoms with E-state index in [1.165, 1.54) is 4.90 Å². The van der Waals surface area contributed by atoms with Gasteiger partial charge in [0.15, 0.2) is 0 Å². The minimum atomic E-state index is -0.462. The maximum absolute atomic E-state index is 12.3. The number of nitrogens with zero attached hydrogens (tertiary/aromatic N) is 2. The van der Waals surface area contributed by atoms with Crippen LogP contribution in [0.1, 0.15) is 25.3 Å². The number of aryl methyl sites for hydroxylation is 1. The van der Waals surface area contributed by atoms with Gasteiger partial charge in [-0.05, 0) is 24.3 Å². The summed E-state index contributed by atoms with van der Waals surface area (Å²) in [6, 6.07) is 1.08. The number of aromatic nitrogens is 1. The Balaban J connectivity index is 1.82. The van der Waals surface area contributed by atoms with Gasteiger partial charge in [-0.2, -0.15) is 11.3 Å². The van der Waals surface area contributed by atoms with E-state index in [-0.39, 0.29) is 24.4 Å². The summed E-state index contributed by atoms with van der Waals surface area (Å²) in [5, 5.41) is 6.59. The quantitative estimate of drug-likeness (QED) is 0.879. The van der Waals surface area contributed by atoms with Gasteiger partial charge in [0, 0.05) is 10.9 Å². The molecule has 0 saturated carbocycles. The summed E-state index contributed by atoms with van der Waals surface area (Å²) in [4.78, 5) is 29.9. The highest BCUT2D eigenvalue weighted by Crippen LogP contribution is 2.25. The summed E-state index contributed by atoms with van der Waals surface area (Å²) < 4.78 is 5.64. The van der Waals surface area contributed by atoms with Crippen LogP contribution in [0.25, 0.3) is 11.5 Å². The van der Waals surface area contributed by atoms with E-state index >= 15 is 0 Å². The van der Waals surface area contributed by atoms with Crippen molar-refractivity contribution in [3.05, 3.63) is 28.3 Å². The smallest absolute Gasteiger partial charge is 0.325 e. The molecule has 22 heavy (non-hydrogen) atoms. The molecule has 7 heteroatoms. The Morgan fingerprint density at radius 1 is 1.45 bits per heavy atom. The lowest BCUT2D eigenvalue weighted by molar-refractivity contribution is -0.128. The van der Waals surface area contributed by atoms with Gasteiger partial charge in [0.1, 0.15) is 17.5 Å². The lowest BCUT2D eigenvalue weighted by atomic mass is 10.1. The number of amides is 3. The van der Waals surface area contributed by atoms with E-state index in [9.17, 15) is 9.59 Å². The second-order valence-electron chi connectivity index (χ2n) is 5.63. The van der Waals surface area contributed by atoms with Crippen LogP contribution in [0.5, 0.6) is 0 Å². The van der Waals surface area contributed by atoms with Gasteiger partial charge in [-0.3, -0.25) is 9.69 Å². The van der Waals surface area contributed by atoms with Gasteiger partial charge in [-0.15, -0.1) is 0 Å². The van der Waals surface area contributed by atoms with Crippen LogP contribution < -0.4 is 5.32 Å². The number of thiophene rings is 1. The second kappa shape index (κ2) is 5.57. The van der Waals surface area contributed by atoms with Crippen LogP contribution in [-0.2, 0) is 11.3 Å². The molecule has 1 N–H and O–H groups in total. The highest BCUT2D eigenvalue weighted by atomic mass is 32.1. The van der Waals surface area contributed by atoms with Gasteiger partial charge in [-0.1, -0.05) is 13.8 Å². The number of oxazole rings is 1. The molecule has 0 spiro atoms. The van der Waals surface area contributed by atoms with E-state index in [0.29, 0.717) is 17.3 Å². The minimum absolute atomic E-state index is 0.0567. The van der Waals surface area contributed by atoms with Gasteiger partial charge in [0.2, 0.25) is 5.89 Å². The lowest BCUT2D eigenvalue weighted by Gasteiger charge is -2.13. The summed E-state index contributed by atoms with van der Waals surface area (Å²) in [6.07, 6.45) is 0. The molecular formula is C15H17N3O3S. The van der Waals surface area contributed by atoms with Gasteiger partial charge in [0.05, 0.1) is 6.54 Å². The number of hydrogen-bond acceptors (Lipinski definition) is 5. The Hall–Kier alpha value is -2.15. The number of hydrogen-bond donors (Lipinski definition) is 1. The SMILES string of the molecule is Cc1oc(-c2ccsc2)nc1CN1C(=O)N[C@H](C(C)C)C1=O. The molecule has 1 aliphatic rings. The number of nitrogens with one attached hydrogen (secondary N) is 1. The van der Waals surface area contributed by atoms with Crippen molar-refractivity contribution in [1.82, 2.24) is 15.2 Å². The van der Waals surface area contributed by atoms with E-state index < -0.39 is 6.04 Å². The molecule has 1 saturated heterocycles. The summed E-state index contributed by atoms with van der Waals surface area (Å²) in [5.41, 5.74) is 1.51. The summed E-state index contributed by atoms with van der Waals surface area (Å²) in [5.74, 6) is 0.983. The fourth-order valence-corrected chi connectivity index (χ4v) is 3.01. The van der Waals surface area contributed by atoms with Crippen LogP contribution in [-0.4, -0.2) is 27.9 Å². The highest BCUT2D eigenvalue weighted by Gasteiger charge is 2.40. The number of rotatable bonds is 4. The predicted octanol–water partition coefficient (Wildman–Crippen LogP) is 2.79. The zero-order chi connectivity index (χ0) is 15.9. The molecule has 6 nitrogen and oxygen atoms in total. The molecule has 2 aromatic heterocycles. The monoisotopic (exact) mass is 319 g/mol. The van der Waals surface area contributed by atoms with Crippen molar-refractivity contribution in [3.8, 4) is 11.5 Å². The number of carbonyl (C=O) groups is 2. The lowest BCUT2D eigenvalue weighted by Crippen LogP contribution is -2.34. The number of carbonyl (C=O) groups excluding carboxylic acids is 2. The predicted molar refractivity (Wildman–Crippen MR) is 82.3 cm³/mol. The Bertz CT molecular complexity index is 706. The van der Waals surface area contributed by atoms with Crippen molar-refractivity contribution < 1.29 is 14.0 Å². The van der Waals surface area contributed by atoms with Crippen molar-refractivity contribution in [2.45, 2.75) is 33.4 Å². The standard InChI is InChI=1S/C15H17N3O3S/c1-8(2)12-14(19)18(15(20)17-12)6-11-9(3)21-13(16-11)10-4-5-22-7-10/h4-5,7-8,12H,6H2,1-3H3,(H,17,20)/t12-/m1/s1. The Morgan fingerprint density at radius 2 is 2.23 bits per heavy atom. The number of imide groups is 1. The van der Waals surface area contributed by atoms with Crippen LogP contribution in [0.4, 0.5) is 4.79 Å². The molecule has 3 heterocycles. The van der Waals surface area contributed by atoms with Crippen LogP contribution in [0, 0.1) is 12.8 Å². The fourth-order valence-electron chi connectivity index (χ4n) is 2.38. The van der Waals surface area contributed by atoms with E-state index in [2.05, 4.69) is 10.3 Å². The van der Waals surface area contributed by atoms with E-state index in [1.54, 1.807) is 18.3 Å². The molecule has 0 unspecified atom stereocenters. The Morgan fingerprint density at radius 3 is 2.82 bits per heavy atom. The Kier molecular flexibility index (Phi) is 3.74. The molecule has 3 amide bonds. The van der Waals surface area contributed by atoms with E-state index in [0.717, 1.165) is 5.56 Å². The van der Waals surface area contributed by atoms with Gasteiger partial charge < -0.3 is 9.73 Å². The van der Waals surface area contributed by atoms with Gasteiger partial charge in [-0.25, -0.2) is 9.78 Å². The largest absolute Gasteiger partial charge is 0.441 e. The maximum atomic E-state index is 12.3. The molecule has 1 aliphatic heterocycles. The fraction of sp³-hybridized carbons (Fsp3) is 0.400. The van der Waals surface area contributed by atoms with Crippen LogP contribution in [0.15, 0.2) is 21.2 Å². The third-order valence-corrected chi connectivity index (χ3v) is 4.37. The average Bonchev–Trinajstić information content (AvgIpc) is 3.15. The molecule has 0 radical (unpaired) electrons. The summed E-state index contributed by atoms with van der Waals surface area (Å²) in [7, 11) is 0. The molecule has 2 aromatic rings. The van der Waals surface area contributed by atoms with Crippen LogP contribution in [0.2, 0.25) is 0 Å². The van der Waals surface area contributed by atoms with Crippen molar-refractivity contribution in [2.24, 2.45) is 5.92 Å². The van der Waals surface area contributed by atoms with Crippen molar-refractivity contribution in [3.63, 3.8) is 0 Å².